The van der Waals surface area contributed by atoms with Gasteiger partial charge < -0.3 is 15.7 Å². The number of rotatable bonds is 7. The van der Waals surface area contributed by atoms with Gasteiger partial charge in [0.25, 0.3) is 0 Å². The molecule has 1 rings (SSSR count). The van der Waals surface area contributed by atoms with Crippen molar-refractivity contribution >= 4 is 33.6 Å². The molecule has 0 radical (unpaired) electrons. The molecule has 0 spiro atoms. The van der Waals surface area contributed by atoms with E-state index in [-0.39, 0.29) is 18.0 Å². The molecule has 1 aromatic carbocycles. The number of halogens is 2. The SMILES string of the molecule is CC(CCNC(=O)Nc1c(F)cccc1Br)CCC(=O)O. The standard InChI is InChI=1S/C14H18BrFN2O3/c1-9(5-6-12(19)20)7-8-17-14(21)18-13-10(15)3-2-4-11(13)16/h2-4,9H,5-8H2,1H3,(H,19,20)(H2,17,18,21). The van der Waals surface area contributed by atoms with E-state index in [1.54, 1.807) is 6.07 Å². The number of carboxylic acid groups (broad SMARTS) is 1. The van der Waals surface area contributed by atoms with Crippen LogP contribution in [0.2, 0.25) is 0 Å². The van der Waals surface area contributed by atoms with Gasteiger partial charge in [-0.3, -0.25) is 4.79 Å². The van der Waals surface area contributed by atoms with Crippen LogP contribution < -0.4 is 10.6 Å². The van der Waals surface area contributed by atoms with Crippen molar-refractivity contribution in [3.63, 3.8) is 0 Å². The summed E-state index contributed by atoms with van der Waals surface area (Å²) in [5.41, 5.74) is 0.0916. The smallest absolute Gasteiger partial charge is 0.319 e. The molecule has 0 heterocycles. The third-order valence-corrected chi connectivity index (χ3v) is 3.64. The van der Waals surface area contributed by atoms with Crippen LogP contribution in [0.25, 0.3) is 0 Å². The number of anilines is 1. The molecule has 0 saturated carbocycles. The normalized spacial score (nSPS) is 11.8. The molecule has 1 aromatic rings. The van der Waals surface area contributed by atoms with E-state index < -0.39 is 17.8 Å². The molecule has 0 fully saturated rings. The molecule has 5 nitrogen and oxygen atoms in total. The van der Waals surface area contributed by atoms with E-state index in [1.807, 2.05) is 6.92 Å². The van der Waals surface area contributed by atoms with Gasteiger partial charge in [-0.15, -0.1) is 0 Å². The van der Waals surface area contributed by atoms with Crippen LogP contribution in [0.3, 0.4) is 0 Å². The van der Waals surface area contributed by atoms with Crippen LogP contribution >= 0.6 is 15.9 Å². The first-order valence-corrected chi connectivity index (χ1v) is 7.40. The average Bonchev–Trinajstić information content (AvgIpc) is 2.41. The summed E-state index contributed by atoms with van der Waals surface area (Å²) in [4.78, 5) is 22.1. The maximum atomic E-state index is 13.5. The highest BCUT2D eigenvalue weighted by Crippen LogP contribution is 2.24. The molecule has 0 bridgehead atoms. The topological polar surface area (TPSA) is 78.4 Å². The first-order chi connectivity index (χ1) is 9.90. The number of hydrogen-bond donors (Lipinski definition) is 3. The summed E-state index contributed by atoms with van der Waals surface area (Å²) in [5, 5.41) is 13.6. The lowest BCUT2D eigenvalue weighted by Gasteiger charge is -2.12. The monoisotopic (exact) mass is 360 g/mol. The van der Waals surface area contributed by atoms with Crippen LogP contribution in [0.4, 0.5) is 14.9 Å². The van der Waals surface area contributed by atoms with Crippen LogP contribution in [-0.4, -0.2) is 23.7 Å². The van der Waals surface area contributed by atoms with Gasteiger partial charge in [0.15, 0.2) is 0 Å². The Balaban J connectivity index is 2.33. The van der Waals surface area contributed by atoms with Crippen molar-refractivity contribution in [2.75, 3.05) is 11.9 Å². The summed E-state index contributed by atoms with van der Waals surface area (Å²) >= 11 is 3.16. The third kappa shape index (κ3) is 6.57. The molecule has 0 aliphatic carbocycles. The number of hydrogen-bond acceptors (Lipinski definition) is 2. The van der Waals surface area contributed by atoms with E-state index >= 15 is 0 Å². The van der Waals surface area contributed by atoms with Gasteiger partial charge in [-0.1, -0.05) is 13.0 Å². The fourth-order valence-corrected chi connectivity index (χ4v) is 2.16. The number of carboxylic acids is 1. The zero-order valence-corrected chi connectivity index (χ0v) is 13.2. The number of nitrogens with one attached hydrogen (secondary N) is 2. The molecule has 1 atom stereocenters. The van der Waals surface area contributed by atoms with Crippen molar-refractivity contribution in [2.45, 2.75) is 26.2 Å². The highest BCUT2D eigenvalue weighted by atomic mass is 79.9. The van der Waals surface area contributed by atoms with Crippen molar-refractivity contribution < 1.29 is 19.1 Å². The van der Waals surface area contributed by atoms with Crippen LogP contribution in [0.15, 0.2) is 22.7 Å². The molecular formula is C14H18BrFN2O3. The molecule has 2 amide bonds. The van der Waals surface area contributed by atoms with E-state index in [9.17, 15) is 14.0 Å². The van der Waals surface area contributed by atoms with Gasteiger partial charge in [-0.2, -0.15) is 0 Å². The first kappa shape index (κ1) is 17.4. The van der Waals surface area contributed by atoms with Gasteiger partial charge in [0.1, 0.15) is 5.82 Å². The Morgan fingerprint density at radius 2 is 2.10 bits per heavy atom. The maximum absolute atomic E-state index is 13.5. The molecule has 0 aromatic heterocycles. The number of carbonyl (C=O) groups is 2. The lowest BCUT2D eigenvalue weighted by atomic mass is 10.0. The highest BCUT2D eigenvalue weighted by Gasteiger charge is 2.10. The Morgan fingerprint density at radius 3 is 2.71 bits per heavy atom. The zero-order valence-electron chi connectivity index (χ0n) is 11.7. The van der Waals surface area contributed by atoms with Gasteiger partial charge in [0, 0.05) is 17.4 Å². The van der Waals surface area contributed by atoms with Gasteiger partial charge in [0.05, 0.1) is 5.69 Å². The average molecular weight is 361 g/mol. The Labute approximate surface area is 131 Å². The number of aliphatic carboxylic acids is 1. The number of urea groups is 1. The summed E-state index contributed by atoms with van der Waals surface area (Å²) in [6.07, 6.45) is 1.35. The number of carbonyl (C=O) groups excluding carboxylic acids is 1. The molecule has 21 heavy (non-hydrogen) atoms. The Morgan fingerprint density at radius 1 is 1.38 bits per heavy atom. The maximum Gasteiger partial charge on any atom is 0.319 e. The molecule has 116 valence electrons. The fraction of sp³-hybridized carbons (Fsp3) is 0.429. The van der Waals surface area contributed by atoms with Crippen molar-refractivity contribution in [1.29, 1.82) is 0 Å². The number of benzene rings is 1. The van der Waals surface area contributed by atoms with Crippen molar-refractivity contribution in [2.24, 2.45) is 5.92 Å². The van der Waals surface area contributed by atoms with Crippen molar-refractivity contribution in [3.8, 4) is 0 Å². The van der Waals surface area contributed by atoms with Crippen molar-refractivity contribution in [3.05, 3.63) is 28.5 Å². The van der Waals surface area contributed by atoms with Crippen LogP contribution in [0.5, 0.6) is 0 Å². The quantitative estimate of drug-likeness (QED) is 0.694. The molecule has 7 heteroatoms. The van der Waals surface area contributed by atoms with Gasteiger partial charge in [-0.25, -0.2) is 9.18 Å². The number of para-hydroxylation sites is 1. The molecule has 3 N–H and O–H groups in total. The summed E-state index contributed by atoms with van der Waals surface area (Å²) in [6.45, 7) is 2.33. The summed E-state index contributed by atoms with van der Waals surface area (Å²) in [5.74, 6) is -1.15. The van der Waals surface area contributed by atoms with Gasteiger partial charge in [-0.05, 0) is 46.8 Å². The fourth-order valence-electron chi connectivity index (χ4n) is 1.72. The second kappa shape index (κ2) is 8.61. The van der Waals surface area contributed by atoms with Crippen LogP contribution in [-0.2, 0) is 4.79 Å². The lowest BCUT2D eigenvalue weighted by molar-refractivity contribution is -0.137. The summed E-state index contributed by atoms with van der Waals surface area (Å²) in [7, 11) is 0. The highest BCUT2D eigenvalue weighted by molar-refractivity contribution is 9.10. The van der Waals surface area contributed by atoms with E-state index in [2.05, 4.69) is 26.6 Å². The zero-order chi connectivity index (χ0) is 15.8. The minimum Gasteiger partial charge on any atom is -0.481 e. The van der Waals surface area contributed by atoms with Crippen LogP contribution in [0, 0.1) is 11.7 Å². The predicted molar refractivity (Wildman–Crippen MR) is 81.8 cm³/mol. The largest absolute Gasteiger partial charge is 0.481 e. The van der Waals surface area contributed by atoms with Crippen LogP contribution in [0.1, 0.15) is 26.2 Å². The molecule has 0 aliphatic heterocycles. The Hall–Kier alpha value is -1.63. The van der Waals surface area contributed by atoms with Gasteiger partial charge >= 0.3 is 12.0 Å². The molecule has 0 saturated heterocycles. The minimum atomic E-state index is -0.822. The van der Waals surface area contributed by atoms with E-state index in [0.29, 0.717) is 23.9 Å². The van der Waals surface area contributed by atoms with Gasteiger partial charge in [0.2, 0.25) is 0 Å². The second-order valence-electron chi connectivity index (χ2n) is 4.80. The third-order valence-electron chi connectivity index (χ3n) is 2.97. The van der Waals surface area contributed by atoms with E-state index in [4.69, 9.17) is 5.11 Å². The molecule has 1 unspecified atom stereocenters. The minimum absolute atomic E-state index is 0.0916. The van der Waals surface area contributed by atoms with E-state index in [1.165, 1.54) is 12.1 Å². The Kier molecular flexibility index (Phi) is 7.14. The predicted octanol–water partition coefficient (Wildman–Crippen LogP) is 3.60. The number of amides is 2. The summed E-state index contributed by atoms with van der Waals surface area (Å²) in [6, 6.07) is 3.93. The first-order valence-electron chi connectivity index (χ1n) is 6.60. The van der Waals surface area contributed by atoms with E-state index in [0.717, 1.165) is 0 Å². The summed E-state index contributed by atoms with van der Waals surface area (Å²) < 4.78 is 14.0. The lowest BCUT2D eigenvalue weighted by Crippen LogP contribution is -2.30. The second-order valence-corrected chi connectivity index (χ2v) is 5.66. The molecular weight excluding hydrogens is 343 g/mol. The molecule has 0 aliphatic rings. The van der Waals surface area contributed by atoms with Crippen molar-refractivity contribution in [1.82, 2.24) is 5.32 Å². The Bertz CT molecular complexity index is 491.